The van der Waals surface area contributed by atoms with Crippen molar-refractivity contribution in [2.45, 2.75) is 19.3 Å². The van der Waals surface area contributed by atoms with Crippen LogP contribution in [0, 0.1) is 12.3 Å². The number of nitrogens with one attached hydrogen (secondary N) is 2. The zero-order valence-electron chi connectivity index (χ0n) is 18.7. The molecule has 3 aromatic carbocycles. The second-order valence-corrected chi connectivity index (χ2v) is 8.26. The number of rotatable bonds is 8. The van der Waals surface area contributed by atoms with Gasteiger partial charge < -0.3 is 10.2 Å². The number of carbonyl (C=O) groups is 1. The van der Waals surface area contributed by atoms with Gasteiger partial charge in [0.05, 0.1) is 6.54 Å². The Morgan fingerprint density at radius 2 is 1.76 bits per heavy atom. The van der Waals surface area contributed by atoms with Gasteiger partial charge in [-0.15, -0.1) is 6.42 Å². The van der Waals surface area contributed by atoms with E-state index < -0.39 is 0 Å². The maximum Gasteiger partial charge on any atom is 0.193 e. The molecule has 0 saturated carbocycles. The average molecular weight is 469 g/mol. The Morgan fingerprint density at radius 3 is 2.53 bits per heavy atom. The van der Waals surface area contributed by atoms with E-state index in [0.717, 1.165) is 41.8 Å². The van der Waals surface area contributed by atoms with Crippen molar-refractivity contribution in [3.05, 3.63) is 112 Å². The summed E-state index contributed by atoms with van der Waals surface area (Å²) in [5, 5.41) is 0.591. The van der Waals surface area contributed by atoms with Crippen LogP contribution < -0.4 is 15.6 Å². The van der Waals surface area contributed by atoms with Crippen LogP contribution in [0.2, 0.25) is 5.02 Å². The summed E-state index contributed by atoms with van der Waals surface area (Å²) in [7, 11) is 0. The second kappa shape index (κ2) is 11.4. The van der Waals surface area contributed by atoms with E-state index in [0.29, 0.717) is 28.5 Å². The van der Waals surface area contributed by atoms with Gasteiger partial charge in [0, 0.05) is 27.4 Å². The lowest BCUT2D eigenvalue weighted by atomic mass is 9.90. The molecule has 1 aliphatic rings. The van der Waals surface area contributed by atoms with E-state index in [1.54, 1.807) is 24.3 Å². The van der Waals surface area contributed by atoms with Crippen LogP contribution in [0.3, 0.4) is 0 Å². The molecule has 3 aromatic rings. The molecule has 0 unspecified atom stereocenters. The number of ketones is 1. The number of benzene rings is 3. The Morgan fingerprint density at radius 1 is 1.00 bits per heavy atom. The highest BCUT2D eigenvalue weighted by atomic mass is 35.5. The largest absolute Gasteiger partial charge is 0.457 e. The molecule has 0 amide bonds. The highest BCUT2D eigenvalue weighted by Gasteiger charge is 2.24. The van der Waals surface area contributed by atoms with Gasteiger partial charge in [-0.25, -0.2) is 5.43 Å². The number of hydrogen-bond donors (Lipinski definition) is 2. The van der Waals surface area contributed by atoms with Crippen LogP contribution in [0.1, 0.15) is 35.2 Å². The summed E-state index contributed by atoms with van der Waals surface area (Å²) >= 11 is 6.05. The van der Waals surface area contributed by atoms with Crippen molar-refractivity contribution in [2.24, 2.45) is 0 Å². The number of terminal acetylenes is 1. The number of Topliss-reactive ketones (excluding diaryl/α,β-unsaturated/α-hetero) is 1. The number of allylic oxidation sites excluding steroid dienone is 4. The minimum Gasteiger partial charge on any atom is -0.457 e. The first-order chi connectivity index (χ1) is 16.7. The zero-order valence-corrected chi connectivity index (χ0v) is 19.4. The van der Waals surface area contributed by atoms with Gasteiger partial charge in [0.2, 0.25) is 0 Å². The van der Waals surface area contributed by atoms with Gasteiger partial charge in [-0.3, -0.25) is 4.79 Å². The van der Waals surface area contributed by atoms with Crippen molar-refractivity contribution in [1.29, 1.82) is 0 Å². The van der Waals surface area contributed by atoms with Crippen molar-refractivity contribution < 1.29 is 9.53 Å². The molecule has 4 rings (SSSR count). The molecule has 0 aliphatic heterocycles. The van der Waals surface area contributed by atoms with Crippen LogP contribution in [0.25, 0.3) is 5.57 Å². The smallest absolute Gasteiger partial charge is 0.193 e. The Kier molecular flexibility index (Phi) is 7.83. The lowest BCUT2D eigenvalue weighted by Gasteiger charge is -2.19. The highest BCUT2D eigenvalue weighted by Crippen LogP contribution is 2.35. The third-order valence-electron chi connectivity index (χ3n) is 5.43. The van der Waals surface area contributed by atoms with Crippen LogP contribution in [-0.2, 0) is 0 Å². The fourth-order valence-electron chi connectivity index (χ4n) is 3.87. The summed E-state index contributed by atoms with van der Waals surface area (Å²) in [6.07, 6.45) is 9.90. The first kappa shape index (κ1) is 23.4. The summed E-state index contributed by atoms with van der Waals surface area (Å²) in [6.45, 7) is 0.359. The van der Waals surface area contributed by atoms with E-state index in [1.165, 1.54) is 0 Å². The van der Waals surface area contributed by atoms with Crippen LogP contribution in [-0.4, -0.2) is 12.3 Å². The molecule has 0 bridgehead atoms. The molecule has 0 aromatic heterocycles. The van der Waals surface area contributed by atoms with E-state index in [1.807, 2.05) is 60.7 Å². The first-order valence-corrected chi connectivity index (χ1v) is 11.5. The highest BCUT2D eigenvalue weighted by molar-refractivity contribution is 6.30. The molecule has 5 heteroatoms. The number of hydrogen-bond acceptors (Lipinski definition) is 4. The third-order valence-corrected chi connectivity index (χ3v) is 5.68. The van der Waals surface area contributed by atoms with Gasteiger partial charge in [-0.1, -0.05) is 53.9 Å². The Hall–Kier alpha value is -3.78. The standard InChI is InChI=1S/C29H25ClN2O2/c1-2-19-31-32-27-14-7-6-13-26(29(33)21-15-17-23(30)18-16-21)28(27)22-9-8-12-25(20-22)34-24-10-4-3-5-11-24/h1,3-5,8-13,15-18,20,31-32H,6-7,14,19H2. The zero-order chi connectivity index (χ0) is 23.8. The minimum atomic E-state index is -0.0563. The number of carbonyl (C=O) groups excluding carboxylic acids is 1. The summed E-state index contributed by atoms with van der Waals surface area (Å²) in [6, 6.07) is 24.4. The number of para-hydroxylation sites is 1. The molecule has 0 spiro atoms. The topological polar surface area (TPSA) is 50.4 Å². The van der Waals surface area contributed by atoms with E-state index in [2.05, 4.69) is 16.8 Å². The van der Waals surface area contributed by atoms with Gasteiger partial charge >= 0.3 is 0 Å². The first-order valence-electron chi connectivity index (χ1n) is 11.2. The van der Waals surface area contributed by atoms with Gasteiger partial charge in [0.25, 0.3) is 0 Å². The summed E-state index contributed by atoms with van der Waals surface area (Å²) in [4.78, 5) is 13.6. The Balaban J connectivity index is 1.77. The SMILES string of the molecule is C#CCNNC1=C(c2cccc(Oc3ccccc3)c2)C(C(=O)c2ccc(Cl)cc2)=CCCC1. The lowest BCUT2D eigenvalue weighted by Crippen LogP contribution is -2.32. The quantitative estimate of drug-likeness (QED) is 0.170. The van der Waals surface area contributed by atoms with Crippen LogP contribution in [0.4, 0.5) is 0 Å². The van der Waals surface area contributed by atoms with Crippen molar-refractivity contribution in [3.8, 4) is 23.8 Å². The lowest BCUT2D eigenvalue weighted by molar-refractivity contribution is 0.103. The molecule has 0 fully saturated rings. The normalized spacial score (nSPS) is 13.5. The minimum absolute atomic E-state index is 0.0563. The molecule has 4 nitrogen and oxygen atoms in total. The molecular formula is C29H25ClN2O2. The van der Waals surface area contributed by atoms with Crippen LogP contribution >= 0.6 is 11.6 Å². The van der Waals surface area contributed by atoms with E-state index in [9.17, 15) is 4.79 Å². The summed E-state index contributed by atoms with van der Waals surface area (Å²) in [5.74, 6) is 3.95. The summed E-state index contributed by atoms with van der Waals surface area (Å²) in [5.41, 5.74) is 10.2. The molecule has 0 saturated heterocycles. The fraction of sp³-hybridized carbons (Fsp3) is 0.138. The molecule has 34 heavy (non-hydrogen) atoms. The Labute approximate surface area is 205 Å². The van der Waals surface area contributed by atoms with Crippen LogP contribution in [0.5, 0.6) is 11.5 Å². The fourth-order valence-corrected chi connectivity index (χ4v) is 4.00. The molecule has 2 N–H and O–H groups in total. The van der Waals surface area contributed by atoms with Gasteiger partial charge in [0.1, 0.15) is 11.5 Å². The molecule has 0 atom stereocenters. The predicted molar refractivity (Wildman–Crippen MR) is 138 cm³/mol. The summed E-state index contributed by atoms with van der Waals surface area (Å²) < 4.78 is 6.06. The van der Waals surface area contributed by atoms with Crippen molar-refractivity contribution in [1.82, 2.24) is 10.9 Å². The number of ether oxygens (including phenoxy) is 1. The van der Waals surface area contributed by atoms with E-state index >= 15 is 0 Å². The number of hydrazine groups is 1. The van der Waals surface area contributed by atoms with Crippen LogP contribution in [0.15, 0.2) is 96.2 Å². The van der Waals surface area contributed by atoms with Crippen molar-refractivity contribution in [2.75, 3.05) is 6.54 Å². The molecule has 170 valence electrons. The van der Waals surface area contributed by atoms with Crippen molar-refractivity contribution in [3.63, 3.8) is 0 Å². The van der Waals surface area contributed by atoms with E-state index in [-0.39, 0.29) is 5.78 Å². The molecule has 0 radical (unpaired) electrons. The second-order valence-electron chi connectivity index (χ2n) is 7.83. The average Bonchev–Trinajstić information content (AvgIpc) is 3.08. The van der Waals surface area contributed by atoms with Gasteiger partial charge in [-0.2, -0.15) is 0 Å². The maximum atomic E-state index is 13.6. The molecule has 0 heterocycles. The molecular weight excluding hydrogens is 444 g/mol. The maximum absolute atomic E-state index is 13.6. The third kappa shape index (κ3) is 5.77. The van der Waals surface area contributed by atoms with Crippen molar-refractivity contribution >= 4 is 23.0 Å². The number of halogens is 1. The van der Waals surface area contributed by atoms with Gasteiger partial charge in [0.15, 0.2) is 5.78 Å². The van der Waals surface area contributed by atoms with Gasteiger partial charge in [-0.05, 0) is 73.4 Å². The predicted octanol–water partition coefficient (Wildman–Crippen LogP) is 6.56. The van der Waals surface area contributed by atoms with E-state index in [4.69, 9.17) is 22.8 Å². The monoisotopic (exact) mass is 468 g/mol. The molecule has 1 aliphatic carbocycles. The Bertz CT molecular complexity index is 1260.